The number of hydrogen-bond acceptors (Lipinski definition) is 8. The Kier molecular flexibility index (Phi) is 6.19. The van der Waals surface area contributed by atoms with Crippen LogP contribution in [0.3, 0.4) is 0 Å². The molecule has 2 aromatic rings. The number of aromatic nitrogens is 2. The number of hydrogen-bond donors (Lipinski definition) is 3. The van der Waals surface area contributed by atoms with Gasteiger partial charge in [-0.15, -0.1) is 0 Å². The first-order valence-electron chi connectivity index (χ1n) is 7.35. The molecule has 150 valence electrons. The summed E-state index contributed by atoms with van der Waals surface area (Å²) >= 11 is 0.783. The Labute approximate surface area is 161 Å². The average molecular weight is 434 g/mol. The molecule has 0 radical (unpaired) electrons. The summed E-state index contributed by atoms with van der Waals surface area (Å²) in [4.78, 5) is 14.8. The van der Waals surface area contributed by atoms with Crippen molar-refractivity contribution in [3.8, 4) is 10.6 Å². The van der Waals surface area contributed by atoms with Gasteiger partial charge in [0.25, 0.3) is 0 Å². The lowest BCUT2D eigenvalue weighted by Crippen LogP contribution is -2.25. The lowest BCUT2D eigenvalue weighted by atomic mass is 10.2. The quantitative estimate of drug-likeness (QED) is 0.569. The van der Waals surface area contributed by atoms with Gasteiger partial charge in [0.15, 0.2) is 15.7 Å². The van der Waals surface area contributed by atoms with Crippen molar-refractivity contribution >= 4 is 38.7 Å². The summed E-state index contributed by atoms with van der Waals surface area (Å²) in [7, 11) is -3.48. The van der Waals surface area contributed by atoms with E-state index < -0.39 is 39.9 Å². The number of nitrogens with one attached hydrogen (secondary N) is 2. The van der Waals surface area contributed by atoms with Crippen molar-refractivity contribution in [2.45, 2.75) is 11.1 Å². The van der Waals surface area contributed by atoms with Crippen LogP contribution in [0.4, 0.5) is 13.2 Å². The van der Waals surface area contributed by atoms with Crippen LogP contribution in [0.2, 0.25) is 0 Å². The molecule has 1 heterocycles. The molecule has 28 heavy (non-hydrogen) atoms. The highest BCUT2D eigenvalue weighted by atomic mass is 32.2. The van der Waals surface area contributed by atoms with Gasteiger partial charge in [-0.05, 0) is 29.7 Å². The Bertz CT molecular complexity index is 1050. The van der Waals surface area contributed by atoms with Crippen molar-refractivity contribution in [3.63, 3.8) is 0 Å². The van der Waals surface area contributed by atoms with Gasteiger partial charge in [-0.1, -0.05) is 12.1 Å². The average Bonchev–Trinajstić information content (AvgIpc) is 3.06. The van der Waals surface area contributed by atoms with Crippen molar-refractivity contribution < 1.29 is 31.5 Å². The van der Waals surface area contributed by atoms with E-state index in [0.29, 0.717) is 11.6 Å². The smallest absolute Gasteiger partial charge is 0.432 e. The molecule has 0 aliphatic carbocycles. The standard InChI is InChI=1S/C15H13F3N4O4S2/c1-28(25,26)9-4-2-3-8(5-9)14-21-13(22-27-14)10(20-7-12(23)24)6-11(19)15(16,17)18/h2-6,19-20H,7H2,1H3,(H,23,24)/b10-6-,19-11?. The molecule has 0 aliphatic heterocycles. The maximum atomic E-state index is 12.6. The first-order chi connectivity index (χ1) is 12.9. The second-order valence-electron chi connectivity index (χ2n) is 5.44. The SMILES string of the molecule is CS(=O)(=O)c1cccc(-c2nc(/C(=C/C(=N)C(F)(F)F)NCC(=O)O)ns2)c1. The number of carbonyl (C=O) groups is 1. The van der Waals surface area contributed by atoms with Crippen LogP contribution in [-0.4, -0.2) is 53.5 Å². The van der Waals surface area contributed by atoms with E-state index in [1.165, 1.54) is 18.2 Å². The summed E-state index contributed by atoms with van der Waals surface area (Å²) in [5.74, 6) is -1.58. The molecule has 0 atom stereocenters. The molecule has 1 aromatic heterocycles. The zero-order chi connectivity index (χ0) is 21.1. The number of halogens is 3. The number of benzene rings is 1. The van der Waals surface area contributed by atoms with Crippen molar-refractivity contribution in [3.05, 3.63) is 36.2 Å². The lowest BCUT2D eigenvalue weighted by molar-refractivity contribution is -0.135. The minimum Gasteiger partial charge on any atom is -0.480 e. The monoisotopic (exact) mass is 434 g/mol. The van der Waals surface area contributed by atoms with Crippen molar-refractivity contribution in [1.29, 1.82) is 5.41 Å². The number of sulfone groups is 1. The molecule has 0 amide bonds. The summed E-state index contributed by atoms with van der Waals surface area (Å²) in [5.41, 5.74) is -1.74. The van der Waals surface area contributed by atoms with Crippen LogP contribution in [-0.2, 0) is 14.6 Å². The second-order valence-corrected chi connectivity index (χ2v) is 8.21. The highest BCUT2D eigenvalue weighted by Gasteiger charge is 2.33. The van der Waals surface area contributed by atoms with Gasteiger partial charge in [-0.2, -0.15) is 17.5 Å². The third-order valence-electron chi connectivity index (χ3n) is 3.20. The second kappa shape index (κ2) is 8.06. The molecule has 3 N–H and O–H groups in total. The fourth-order valence-electron chi connectivity index (χ4n) is 1.90. The fraction of sp³-hybridized carbons (Fsp3) is 0.200. The highest BCUT2D eigenvalue weighted by Crippen LogP contribution is 2.26. The maximum Gasteiger partial charge on any atom is 0.432 e. The van der Waals surface area contributed by atoms with Crippen LogP contribution in [0.15, 0.2) is 35.2 Å². The summed E-state index contributed by atoms with van der Waals surface area (Å²) < 4.78 is 65.1. The molecular weight excluding hydrogens is 421 g/mol. The summed E-state index contributed by atoms with van der Waals surface area (Å²) in [6.45, 7) is -0.713. The number of rotatable bonds is 7. The normalized spacial score (nSPS) is 12.6. The predicted molar refractivity (Wildman–Crippen MR) is 95.9 cm³/mol. The molecule has 0 bridgehead atoms. The number of nitrogens with zero attached hydrogens (tertiary/aromatic N) is 2. The highest BCUT2D eigenvalue weighted by molar-refractivity contribution is 7.90. The van der Waals surface area contributed by atoms with Gasteiger partial charge < -0.3 is 10.4 Å². The molecule has 0 saturated carbocycles. The summed E-state index contributed by atoms with van der Waals surface area (Å²) in [5, 5.41) is 18.3. The summed E-state index contributed by atoms with van der Waals surface area (Å²) in [6.07, 6.45) is -3.52. The number of alkyl halides is 3. The number of allylic oxidation sites excluding steroid dienone is 1. The van der Waals surface area contributed by atoms with Crippen LogP contribution in [0.5, 0.6) is 0 Å². The van der Waals surface area contributed by atoms with E-state index in [0.717, 1.165) is 17.8 Å². The first kappa shape index (κ1) is 21.5. The van der Waals surface area contributed by atoms with Crippen LogP contribution < -0.4 is 5.32 Å². The van der Waals surface area contributed by atoms with Crippen molar-refractivity contribution in [2.24, 2.45) is 0 Å². The third kappa shape index (κ3) is 5.60. The minimum absolute atomic E-state index is 0.0281. The van der Waals surface area contributed by atoms with Gasteiger partial charge in [0.2, 0.25) is 0 Å². The Morgan fingerprint density at radius 3 is 2.64 bits per heavy atom. The number of carboxylic acids is 1. The molecule has 0 spiro atoms. The van der Waals surface area contributed by atoms with Crippen molar-refractivity contribution in [1.82, 2.24) is 14.7 Å². The van der Waals surface area contributed by atoms with Crippen molar-refractivity contribution in [2.75, 3.05) is 12.8 Å². The van der Waals surface area contributed by atoms with Gasteiger partial charge in [0.1, 0.15) is 17.3 Å². The molecule has 2 rings (SSSR count). The molecule has 8 nitrogen and oxygen atoms in total. The van der Waals surface area contributed by atoms with Crippen LogP contribution in [0, 0.1) is 5.41 Å². The molecule has 0 fully saturated rings. The van der Waals surface area contributed by atoms with Gasteiger partial charge >= 0.3 is 12.1 Å². The molecule has 13 heteroatoms. The van der Waals surface area contributed by atoms with E-state index in [2.05, 4.69) is 14.7 Å². The zero-order valence-electron chi connectivity index (χ0n) is 14.1. The molecule has 1 aromatic carbocycles. The van der Waals surface area contributed by atoms with Gasteiger partial charge in [0, 0.05) is 11.8 Å². The predicted octanol–water partition coefficient (Wildman–Crippen LogP) is 2.21. The van der Waals surface area contributed by atoms with Crippen LogP contribution >= 0.6 is 11.5 Å². The molecule has 0 unspecified atom stereocenters. The largest absolute Gasteiger partial charge is 0.480 e. The Balaban J connectivity index is 2.43. The number of carboxylic acid groups (broad SMARTS) is 1. The van der Waals surface area contributed by atoms with E-state index >= 15 is 0 Å². The fourth-order valence-corrected chi connectivity index (χ4v) is 3.24. The van der Waals surface area contributed by atoms with Gasteiger partial charge in [-0.25, -0.2) is 13.4 Å². The molecular formula is C15H13F3N4O4S2. The Morgan fingerprint density at radius 2 is 2.07 bits per heavy atom. The molecule has 0 aliphatic rings. The number of aliphatic carboxylic acids is 1. The van der Waals surface area contributed by atoms with Gasteiger partial charge in [-0.3, -0.25) is 10.2 Å². The van der Waals surface area contributed by atoms with Crippen LogP contribution in [0.25, 0.3) is 16.3 Å². The maximum absolute atomic E-state index is 12.6. The van der Waals surface area contributed by atoms with E-state index in [4.69, 9.17) is 10.5 Å². The van der Waals surface area contributed by atoms with E-state index in [-0.39, 0.29) is 15.7 Å². The molecule has 0 saturated heterocycles. The Hall–Kier alpha value is -2.80. The third-order valence-corrected chi connectivity index (χ3v) is 5.07. The first-order valence-corrected chi connectivity index (χ1v) is 10.0. The van der Waals surface area contributed by atoms with E-state index in [1.54, 1.807) is 6.07 Å². The topological polar surface area (TPSA) is 133 Å². The minimum atomic E-state index is -4.93. The lowest BCUT2D eigenvalue weighted by Gasteiger charge is -2.08. The van der Waals surface area contributed by atoms with E-state index in [9.17, 15) is 26.4 Å². The zero-order valence-corrected chi connectivity index (χ0v) is 15.7. The van der Waals surface area contributed by atoms with Gasteiger partial charge in [0.05, 0.1) is 10.6 Å². The van der Waals surface area contributed by atoms with E-state index in [1.807, 2.05) is 0 Å². The van der Waals surface area contributed by atoms with Crippen LogP contribution in [0.1, 0.15) is 5.82 Å². The summed E-state index contributed by atoms with van der Waals surface area (Å²) in [6, 6.07) is 5.74. The Morgan fingerprint density at radius 1 is 1.39 bits per heavy atom.